The number of nitrogens with one attached hydrogen (secondary N) is 1. The van der Waals surface area contributed by atoms with Gasteiger partial charge in [-0.15, -0.1) is 0 Å². The topological polar surface area (TPSA) is 72.5 Å². The van der Waals surface area contributed by atoms with Crippen LogP contribution in [0.25, 0.3) is 0 Å². The van der Waals surface area contributed by atoms with Gasteiger partial charge in [0.2, 0.25) is 10.0 Å². The Hall–Kier alpha value is -0.620. The Balaban J connectivity index is 3.83. The van der Waals surface area contributed by atoms with E-state index in [4.69, 9.17) is 0 Å². The van der Waals surface area contributed by atoms with Gasteiger partial charge in [0.15, 0.2) is 0 Å². The molecule has 0 amide bonds. The van der Waals surface area contributed by atoms with Crippen molar-refractivity contribution in [1.82, 2.24) is 4.72 Å². The van der Waals surface area contributed by atoms with Gasteiger partial charge >= 0.3 is 5.97 Å². The van der Waals surface area contributed by atoms with E-state index < -0.39 is 16.0 Å². The van der Waals surface area contributed by atoms with E-state index in [1.165, 1.54) is 7.11 Å². The predicted octanol–water partition coefficient (Wildman–Crippen LogP) is -0.121. The van der Waals surface area contributed by atoms with Gasteiger partial charge < -0.3 is 4.74 Å². The van der Waals surface area contributed by atoms with Crippen LogP contribution in [0, 0.1) is 0 Å². The van der Waals surface area contributed by atoms with Crippen LogP contribution in [0.5, 0.6) is 0 Å². The fourth-order valence-electron chi connectivity index (χ4n) is 0.648. The molecular weight excluding hydrogens is 194 g/mol. The summed E-state index contributed by atoms with van der Waals surface area (Å²) in [5.74, 6) is -0.527. The second-order valence-electron chi connectivity index (χ2n) is 2.57. The molecule has 1 N–H and O–H groups in total. The highest BCUT2D eigenvalue weighted by molar-refractivity contribution is 7.89. The average Bonchev–Trinajstić information content (AvgIpc) is 2.11. The van der Waals surface area contributed by atoms with E-state index in [1.807, 2.05) is 6.92 Å². The van der Waals surface area contributed by atoms with Gasteiger partial charge in [-0.05, 0) is 6.42 Å². The molecule has 6 heteroatoms. The minimum atomic E-state index is -3.30. The fraction of sp³-hybridized carbons (Fsp3) is 0.857. The molecule has 0 rings (SSSR count). The third-order valence-corrected chi connectivity index (χ3v) is 2.84. The molecule has 5 nitrogen and oxygen atoms in total. The molecule has 0 aromatic rings. The van der Waals surface area contributed by atoms with Gasteiger partial charge in [0, 0.05) is 0 Å². The lowest BCUT2D eigenvalue weighted by molar-refractivity contribution is -0.139. The van der Waals surface area contributed by atoms with Crippen LogP contribution in [0.15, 0.2) is 0 Å². The van der Waals surface area contributed by atoms with Gasteiger partial charge in [0.1, 0.15) is 6.54 Å². The number of methoxy groups -OCH3 is 1. The molecule has 0 radical (unpaired) electrons. The van der Waals surface area contributed by atoms with Crippen molar-refractivity contribution < 1.29 is 17.9 Å². The first-order chi connectivity index (χ1) is 6.02. The molecule has 0 spiro atoms. The molecule has 0 aromatic carbocycles. The highest BCUT2D eigenvalue weighted by Crippen LogP contribution is 1.92. The Morgan fingerprint density at radius 3 is 2.54 bits per heavy atom. The van der Waals surface area contributed by atoms with Crippen LogP contribution in [-0.4, -0.2) is 33.8 Å². The van der Waals surface area contributed by atoms with Gasteiger partial charge in [-0.3, -0.25) is 4.79 Å². The van der Waals surface area contributed by atoms with Crippen LogP contribution in [-0.2, 0) is 19.6 Å². The maximum Gasteiger partial charge on any atom is 0.320 e. The monoisotopic (exact) mass is 209 g/mol. The normalized spacial score (nSPS) is 11.2. The Labute approximate surface area is 78.5 Å². The lowest BCUT2D eigenvalue weighted by Gasteiger charge is -2.03. The van der Waals surface area contributed by atoms with Crippen LogP contribution in [0.2, 0.25) is 0 Å². The van der Waals surface area contributed by atoms with Crippen molar-refractivity contribution in [3.63, 3.8) is 0 Å². The minimum absolute atomic E-state index is 0.0560. The summed E-state index contributed by atoms with van der Waals surface area (Å²) in [4.78, 5) is 10.6. The van der Waals surface area contributed by atoms with Crippen LogP contribution in [0.3, 0.4) is 0 Å². The third kappa shape index (κ3) is 6.53. The SMILES string of the molecule is CCCCS(=O)(=O)NCC(=O)OC. The van der Waals surface area contributed by atoms with Gasteiger partial charge in [0.05, 0.1) is 12.9 Å². The van der Waals surface area contributed by atoms with E-state index in [0.717, 1.165) is 6.42 Å². The van der Waals surface area contributed by atoms with E-state index in [0.29, 0.717) is 6.42 Å². The molecule has 0 aliphatic carbocycles. The second kappa shape index (κ2) is 5.93. The van der Waals surface area contributed by atoms with E-state index >= 15 is 0 Å². The van der Waals surface area contributed by atoms with Gasteiger partial charge in [-0.25, -0.2) is 13.1 Å². The van der Waals surface area contributed by atoms with E-state index in [9.17, 15) is 13.2 Å². The quantitative estimate of drug-likeness (QED) is 0.619. The van der Waals surface area contributed by atoms with E-state index in [-0.39, 0.29) is 12.3 Å². The zero-order valence-corrected chi connectivity index (χ0v) is 8.69. The number of rotatable bonds is 6. The lowest BCUT2D eigenvalue weighted by Crippen LogP contribution is -2.32. The summed E-state index contributed by atoms with van der Waals surface area (Å²) in [5, 5.41) is 0. The Morgan fingerprint density at radius 1 is 1.46 bits per heavy atom. The van der Waals surface area contributed by atoms with Crippen LogP contribution in [0.4, 0.5) is 0 Å². The Bertz CT molecular complexity index is 247. The summed E-state index contributed by atoms with van der Waals surface area (Å²) in [6.45, 7) is 1.61. The van der Waals surface area contributed by atoms with Crippen molar-refractivity contribution >= 4 is 16.0 Å². The van der Waals surface area contributed by atoms with Crippen LogP contribution < -0.4 is 4.72 Å². The average molecular weight is 209 g/mol. The summed E-state index contributed by atoms with van der Waals surface area (Å²) in [6.07, 6.45) is 1.40. The Morgan fingerprint density at radius 2 is 2.08 bits per heavy atom. The molecule has 0 bridgehead atoms. The summed E-state index contributed by atoms with van der Waals surface area (Å²) in [6, 6.07) is 0. The summed E-state index contributed by atoms with van der Waals surface area (Å²) in [5.41, 5.74) is 0. The maximum absolute atomic E-state index is 11.1. The number of esters is 1. The molecule has 0 aromatic heterocycles. The van der Waals surface area contributed by atoms with Gasteiger partial charge in [0.25, 0.3) is 0 Å². The number of unbranched alkanes of at least 4 members (excludes halogenated alkanes) is 1. The van der Waals surface area contributed by atoms with Gasteiger partial charge in [-0.2, -0.15) is 0 Å². The van der Waals surface area contributed by atoms with Crippen molar-refractivity contribution in [2.24, 2.45) is 0 Å². The smallest absolute Gasteiger partial charge is 0.320 e. The predicted molar refractivity (Wildman–Crippen MR) is 48.7 cm³/mol. The number of hydrogen-bond donors (Lipinski definition) is 1. The first-order valence-electron chi connectivity index (χ1n) is 4.06. The Kier molecular flexibility index (Phi) is 5.65. The van der Waals surface area contributed by atoms with E-state index in [1.54, 1.807) is 0 Å². The lowest BCUT2D eigenvalue weighted by atomic mass is 10.4. The molecule has 0 saturated heterocycles. The molecule has 0 aliphatic heterocycles. The number of sulfonamides is 1. The molecule has 0 fully saturated rings. The number of ether oxygens (including phenoxy) is 1. The molecular formula is C7H15NO4S. The van der Waals surface area contributed by atoms with Crippen molar-refractivity contribution in [1.29, 1.82) is 0 Å². The molecule has 13 heavy (non-hydrogen) atoms. The van der Waals surface area contributed by atoms with Crippen LogP contribution >= 0.6 is 0 Å². The number of carbonyl (C=O) groups is 1. The second-order valence-corrected chi connectivity index (χ2v) is 4.50. The van der Waals surface area contributed by atoms with Gasteiger partial charge in [-0.1, -0.05) is 13.3 Å². The van der Waals surface area contributed by atoms with Crippen molar-refractivity contribution in [2.45, 2.75) is 19.8 Å². The largest absolute Gasteiger partial charge is 0.468 e. The van der Waals surface area contributed by atoms with Crippen molar-refractivity contribution in [3.05, 3.63) is 0 Å². The first-order valence-corrected chi connectivity index (χ1v) is 5.71. The molecule has 0 aliphatic rings. The minimum Gasteiger partial charge on any atom is -0.468 e. The third-order valence-electron chi connectivity index (χ3n) is 1.43. The number of hydrogen-bond acceptors (Lipinski definition) is 4. The molecule has 0 heterocycles. The van der Waals surface area contributed by atoms with Crippen molar-refractivity contribution in [3.8, 4) is 0 Å². The van der Waals surface area contributed by atoms with Crippen molar-refractivity contribution in [2.75, 3.05) is 19.4 Å². The highest BCUT2D eigenvalue weighted by Gasteiger charge is 2.10. The molecule has 0 saturated carbocycles. The highest BCUT2D eigenvalue weighted by atomic mass is 32.2. The maximum atomic E-state index is 11.1. The molecule has 78 valence electrons. The molecule has 0 atom stereocenters. The van der Waals surface area contributed by atoms with E-state index in [2.05, 4.69) is 9.46 Å². The standard InChI is InChI=1S/C7H15NO4S/c1-3-4-5-13(10,11)8-6-7(9)12-2/h8H,3-6H2,1-2H3. The molecule has 0 unspecified atom stereocenters. The number of carbonyl (C=O) groups excluding carboxylic acids is 1. The summed E-state index contributed by atoms with van der Waals surface area (Å²) in [7, 11) is -2.09. The summed E-state index contributed by atoms with van der Waals surface area (Å²) < 4.78 is 28.6. The van der Waals surface area contributed by atoms with Crippen LogP contribution in [0.1, 0.15) is 19.8 Å². The summed E-state index contributed by atoms with van der Waals surface area (Å²) >= 11 is 0. The fourth-order valence-corrected chi connectivity index (χ4v) is 1.80. The first kappa shape index (κ1) is 12.4. The zero-order valence-electron chi connectivity index (χ0n) is 7.87. The zero-order chi connectivity index (χ0) is 10.3.